The number of benzene rings is 1. The number of thiocarbonyl (C=S) groups is 1. The van der Waals surface area contributed by atoms with Crippen molar-refractivity contribution in [2.75, 3.05) is 0 Å². The number of nitrogens with zero attached hydrogens (tertiary/aromatic N) is 1. The van der Waals surface area contributed by atoms with Gasteiger partial charge in [-0.1, -0.05) is 0 Å². The summed E-state index contributed by atoms with van der Waals surface area (Å²) in [6.07, 6.45) is 0. The fourth-order valence-corrected chi connectivity index (χ4v) is 2.44. The predicted molar refractivity (Wildman–Crippen MR) is 77.8 cm³/mol. The Morgan fingerprint density at radius 3 is 2.58 bits per heavy atom. The first-order valence-corrected chi connectivity index (χ1v) is 6.31. The van der Waals surface area contributed by atoms with Gasteiger partial charge in [0, 0.05) is 17.8 Å². The van der Waals surface area contributed by atoms with Crippen LogP contribution in [0.15, 0.2) is 29.5 Å². The molecule has 0 aromatic heterocycles. The zero-order chi connectivity index (χ0) is 14.2. The number of nitro benzene ring substituents is 1. The summed E-state index contributed by atoms with van der Waals surface area (Å²) in [7, 11) is 0. The molecule has 1 aliphatic rings. The zero-order valence-corrected chi connectivity index (χ0v) is 11.8. The first kappa shape index (κ1) is 13.5. The molecular weight excluding hydrogens is 262 g/mol. The van der Waals surface area contributed by atoms with Gasteiger partial charge in [-0.3, -0.25) is 10.1 Å². The van der Waals surface area contributed by atoms with Crippen molar-refractivity contribution in [2.24, 2.45) is 0 Å². The van der Waals surface area contributed by atoms with Crippen molar-refractivity contribution in [2.45, 2.75) is 26.8 Å². The van der Waals surface area contributed by atoms with Crippen LogP contribution < -0.4 is 10.6 Å². The maximum absolute atomic E-state index is 10.8. The quantitative estimate of drug-likeness (QED) is 0.494. The predicted octanol–water partition coefficient (Wildman–Crippen LogP) is 2.72. The molecule has 19 heavy (non-hydrogen) atoms. The minimum Gasteiger partial charge on any atom is -0.352 e. The van der Waals surface area contributed by atoms with Gasteiger partial charge < -0.3 is 10.6 Å². The maximum atomic E-state index is 10.8. The van der Waals surface area contributed by atoms with Gasteiger partial charge in [-0.2, -0.15) is 0 Å². The fraction of sp³-hybridized carbons (Fsp3) is 0.308. The Bertz CT molecular complexity index is 596. The third-order valence-corrected chi connectivity index (χ3v) is 3.60. The number of nitro groups is 1. The number of nitrogens with one attached hydrogen (secondary N) is 2. The normalized spacial score (nSPS) is 18.9. The Balaban J connectivity index is 2.45. The zero-order valence-electron chi connectivity index (χ0n) is 11.0. The van der Waals surface area contributed by atoms with Gasteiger partial charge in [-0.25, -0.2) is 0 Å². The molecule has 0 spiro atoms. The van der Waals surface area contributed by atoms with Crippen molar-refractivity contribution in [3.63, 3.8) is 0 Å². The lowest BCUT2D eigenvalue weighted by molar-refractivity contribution is -0.384. The third-order valence-electron chi connectivity index (χ3n) is 3.38. The highest BCUT2D eigenvalue weighted by Gasteiger charge is 2.23. The van der Waals surface area contributed by atoms with Crippen LogP contribution in [0, 0.1) is 17.0 Å². The van der Waals surface area contributed by atoms with E-state index in [1.165, 1.54) is 6.07 Å². The molecule has 2 rings (SSSR count). The van der Waals surface area contributed by atoms with E-state index in [0.29, 0.717) is 5.11 Å². The molecule has 100 valence electrons. The SMILES string of the molecule is CC1=C(C)C(c2ccc([N+](=O)[O-])cc2C)NC(=S)N1. The molecule has 0 fully saturated rings. The van der Waals surface area contributed by atoms with Gasteiger partial charge >= 0.3 is 0 Å². The molecule has 1 unspecified atom stereocenters. The van der Waals surface area contributed by atoms with Crippen molar-refractivity contribution in [1.29, 1.82) is 0 Å². The third kappa shape index (κ3) is 2.58. The molecule has 0 amide bonds. The van der Waals surface area contributed by atoms with Gasteiger partial charge in [-0.15, -0.1) is 0 Å². The van der Waals surface area contributed by atoms with Crippen LogP contribution in [0.1, 0.15) is 31.0 Å². The molecule has 0 radical (unpaired) electrons. The fourth-order valence-electron chi connectivity index (χ4n) is 2.17. The number of aryl methyl sites for hydroxylation is 1. The topological polar surface area (TPSA) is 67.2 Å². The van der Waals surface area contributed by atoms with Crippen molar-refractivity contribution in [1.82, 2.24) is 10.6 Å². The minimum absolute atomic E-state index is 0.0328. The van der Waals surface area contributed by atoms with Crippen LogP contribution in [-0.2, 0) is 0 Å². The van der Waals surface area contributed by atoms with Crippen molar-refractivity contribution in [3.05, 3.63) is 50.7 Å². The van der Waals surface area contributed by atoms with E-state index >= 15 is 0 Å². The average molecular weight is 277 g/mol. The molecule has 6 heteroatoms. The molecule has 1 heterocycles. The molecule has 5 nitrogen and oxygen atoms in total. The first-order chi connectivity index (χ1) is 8.90. The molecule has 1 atom stereocenters. The second-order valence-corrected chi connectivity index (χ2v) is 5.05. The Labute approximate surface area is 116 Å². The van der Waals surface area contributed by atoms with Gasteiger partial charge in [-0.05, 0) is 55.8 Å². The summed E-state index contributed by atoms with van der Waals surface area (Å²) in [6.45, 7) is 5.86. The summed E-state index contributed by atoms with van der Waals surface area (Å²) in [5.41, 5.74) is 4.14. The van der Waals surface area contributed by atoms with Gasteiger partial charge in [0.25, 0.3) is 5.69 Å². The van der Waals surface area contributed by atoms with E-state index in [2.05, 4.69) is 10.6 Å². The summed E-state index contributed by atoms with van der Waals surface area (Å²) in [4.78, 5) is 10.4. The first-order valence-electron chi connectivity index (χ1n) is 5.90. The summed E-state index contributed by atoms with van der Waals surface area (Å²) >= 11 is 5.16. The molecule has 0 saturated heterocycles. The lowest BCUT2D eigenvalue weighted by Gasteiger charge is -2.30. The molecule has 0 saturated carbocycles. The summed E-state index contributed by atoms with van der Waals surface area (Å²) in [6, 6.07) is 4.87. The monoisotopic (exact) mass is 277 g/mol. The van der Waals surface area contributed by atoms with E-state index in [1.807, 2.05) is 20.8 Å². The Kier molecular flexibility index (Phi) is 3.53. The van der Waals surface area contributed by atoms with Crippen LogP contribution in [0.25, 0.3) is 0 Å². The second kappa shape index (κ2) is 4.97. The van der Waals surface area contributed by atoms with E-state index in [0.717, 1.165) is 22.4 Å². The Morgan fingerprint density at radius 1 is 1.32 bits per heavy atom. The average Bonchev–Trinajstić information content (AvgIpc) is 2.33. The van der Waals surface area contributed by atoms with E-state index in [-0.39, 0.29) is 16.7 Å². The Hall–Kier alpha value is -1.95. The van der Waals surface area contributed by atoms with E-state index in [1.54, 1.807) is 12.1 Å². The largest absolute Gasteiger partial charge is 0.352 e. The lowest BCUT2D eigenvalue weighted by atomic mass is 9.93. The summed E-state index contributed by atoms with van der Waals surface area (Å²) < 4.78 is 0. The lowest BCUT2D eigenvalue weighted by Crippen LogP contribution is -2.42. The van der Waals surface area contributed by atoms with Gasteiger partial charge in [0.15, 0.2) is 5.11 Å². The Morgan fingerprint density at radius 2 is 2.00 bits per heavy atom. The molecule has 0 bridgehead atoms. The van der Waals surface area contributed by atoms with Crippen LogP contribution in [0.5, 0.6) is 0 Å². The van der Waals surface area contributed by atoms with Crippen LogP contribution in [0.3, 0.4) is 0 Å². The molecule has 0 aliphatic carbocycles. The standard InChI is InChI=1S/C13H15N3O2S/c1-7-6-10(16(17)18)4-5-11(7)12-8(2)9(3)14-13(19)15-12/h4-6,12H,1-3H3,(H2,14,15,19). The van der Waals surface area contributed by atoms with Gasteiger partial charge in [0.05, 0.1) is 11.0 Å². The highest BCUT2D eigenvalue weighted by Crippen LogP contribution is 2.30. The van der Waals surface area contributed by atoms with Gasteiger partial charge in [0.1, 0.15) is 0 Å². The molecule has 1 aliphatic heterocycles. The summed E-state index contributed by atoms with van der Waals surface area (Å²) in [5, 5.41) is 17.6. The number of hydrogen-bond donors (Lipinski definition) is 2. The van der Waals surface area contributed by atoms with Crippen molar-refractivity contribution < 1.29 is 4.92 Å². The van der Waals surface area contributed by atoms with Crippen molar-refractivity contribution >= 4 is 23.0 Å². The molecular formula is C13H15N3O2S. The van der Waals surface area contributed by atoms with Gasteiger partial charge in [0.2, 0.25) is 0 Å². The van der Waals surface area contributed by atoms with Crippen LogP contribution in [-0.4, -0.2) is 10.0 Å². The highest BCUT2D eigenvalue weighted by molar-refractivity contribution is 7.80. The van der Waals surface area contributed by atoms with Crippen LogP contribution in [0.4, 0.5) is 5.69 Å². The second-order valence-electron chi connectivity index (χ2n) is 4.64. The molecule has 1 aromatic carbocycles. The minimum atomic E-state index is -0.384. The molecule has 1 aromatic rings. The molecule has 2 N–H and O–H groups in total. The van der Waals surface area contributed by atoms with Crippen LogP contribution >= 0.6 is 12.2 Å². The number of allylic oxidation sites excluding steroid dienone is 1. The summed E-state index contributed by atoms with van der Waals surface area (Å²) in [5.74, 6) is 0. The number of non-ortho nitro benzene ring substituents is 1. The number of hydrogen-bond acceptors (Lipinski definition) is 3. The van der Waals surface area contributed by atoms with E-state index in [4.69, 9.17) is 12.2 Å². The number of rotatable bonds is 2. The van der Waals surface area contributed by atoms with Crippen molar-refractivity contribution in [3.8, 4) is 0 Å². The maximum Gasteiger partial charge on any atom is 0.269 e. The smallest absolute Gasteiger partial charge is 0.269 e. The van der Waals surface area contributed by atoms with E-state index < -0.39 is 0 Å². The highest BCUT2D eigenvalue weighted by atomic mass is 32.1. The van der Waals surface area contributed by atoms with E-state index in [9.17, 15) is 10.1 Å². The van der Waals surface area contributed by atoms with Crippen LogP contribution in [0.2, 0.25) is 0 Å².